The van der Waals surface area contributed by atoms with Crippen LogP contribution in [0.15, 0.2) is 54.6 Å². The van der Waals surface area contributed by atoms with Crippen molar-refractivity contribution < 1.29 is 33.1 Å². The summed E-state index contributed by atoms with van der Waals surface area (Å²) in [6.45, 7) is 4.33. The number of thiophene rings is 1. The molecule has 3 aliphatic rings. The molecule has 0 aliphatic carbocycles. The fraction of sp³-hybridized carbons (Fsp3) is 0.455. The highest BCUT2D eigenvalue weighted by Gasteiger charge is 2.48. The standard InChI is InChI=1S/C33H37FN5O6PS/c1-2-37-13-12-24-9-10-27(33(42)38-17-23(16-35)25(18-38)20-6-4-3-5-7-20)39(24)32(41)26(19-37)36-31(40)29-15-22-14-21(8-11-28(22)47-29)30(34)46(43,44)45/h3-8,11,14-15,23-27,30H,2,9-10,12-13,17-19H2,1H3,(H,36,40)(H2,43,44,45)/t23-,24+,25+,26?,27-,30+/m0/s1. The van der Waals surface area contributed by atoms with Gasteiger partial charge in [0, 0.05) is 42.8 Å². The number of nitrogens with one attached hydrogen (secondary N) is 1. The third kappa shape index (κ3) is 6.71. The third-order valence-electron chi connectivity index (χ3n) is 9.67. The van der Waals surface area contributed by atoms with Crippen LogP contribution in [0, 0.1) is 17.2 Å². The van der Waals surface area contributed by atoms with Gasteiger partial charge in [-0.15, -0.1) is 11.3 Å². The minimum atomic E-state index is -5.00. The fourth-order valence-corrected chi connectivity index (χ4v) is 8.68. The van der Waals surface area contributed by atoms with E-state index in [9.17, 15) is 38.4 Å². The molecule has 4 heterocycles. The van der Waals surface area contributed by atoms with Crippen LogP contribution in [0.5, 0.6) is 0 Å². The number of hydrogen-bond acceptors (Lipinski definition) is 7. The van der Waals surface area contributed by atoms with Crippen LogP contribution in [-0.4, -0.2) is 93.1 Å². The number of hydrogen-bond donors (Lipinski definition) is 3. The van der Waals surface area contributed by atoms with E-state index in [0.717, 1.165) is 16.9 Å². The van der Waals surface area contributed by atoms with Gasteiger partial charge >= 0.3 is 7.60 Å². The maximum Gasteiger partial charge on any atom is 0.363 e. The number of benzene rings is 2. The molecule has 14 heteroatoms. The van der Waals surface area contributed by atoms with Gasteiger partial charge in [0.25, 0.3) is 5.91 Å². The Hall–Kier alpha value is -3.66. The highest BCUT2D eigenvalue weighted by Crippen LogP contribution is 2.53. The molecule has 1 aromatic heterocycles. The molecule has 3 saturated heterocycles. The molecule has 3 amide bonds. The second-order valence-corrected chi connectivity index (χ2v) is 15.2. The Morgan fingerprint density at radius 1 is 1.11 bits per heavy atom. The fourth-order valence-electron chi connectivity index (χ4n) is 7.18. The number of likely N-dealkylation sites (N-methyl/N-ethyl adjacent to an activating group) is 1. The largest absolute Gasteiger partial charge is 0.363 e. The molecule has 3 aliphatic heterocycles. The van der Waals surface area contributed by atoms with Crippen molar-refractivity contribution in [2.75, 3.05) is 32.7 Å². The number of rotatable bonds is 7. The molecule has 3 fully saturated rings. The first-order valence-electron chi connectivity index (χ1n) is 15.8. The van der Waals surface area contributed by atoms with E-state index in [1.807, 2.05) is 37.3 Å². The van der Waals surface area contributed by atoms with Crippen molar-refractivity contribution in [3.05, 3.63) is 70.6 Å². The van der Waals surface area contributed by atoms with E-state index in [-0.39, 0.29) is 46.7 Å². The molecule has 0 saturated carbocycles. The van der Waals surface area contributed by atoms with Gasteiger partial charge in [0.15, 0.2) is 0 Å². The van der Waals surface area contributed by atoms with Crippen LogP contribution in [0.1, 0.15) is 58.8 Å². The van der Waals surface area contributed by atoms with Gasteiger partial charge in [-0.2, -0.15) is 5.26 Å². The first-order chi connectivity index (χ1) is 22.5. The lowest BCUT2D eigenvalue weighted by molar-refractivity contribution is -0.147. The van der Waals surface area contributed by atoms with E-state index in [0.29, 0.717) is 55.5 Å². The zero-order chi connectivity index (χ0) is 33.5. The highest BCUT2D eigenvalue weighted by molar-refractivity contribution is 7.51. The van der Waals surface area contributed by atoms with Crippen molar-refractivity contribution in [3.8, 4) is 6.07 Å². The van der Waals surface area contributed by atoms with Gasteiger partial charge in [-0.3, -0.25) is 18.9 Å². The summed E-state index contributed by atoms with van der Waals surface area (Å²) in [5.41, 5.74) is 0.821. The number of nitriles is 1. The number of alkyl halides is 1. The first kappa shape index (κ1) is 33.2. The second-order valence-electron chi connectivity index (χ2n) is 12.5. The van der Waals surface area contributed by atoms with E-state index >= 15 is 0 Å². The Morgan fingerprint density at radius 3 is 2.57 bits per heavy atom. The molecule has 6 rings (SSSR count). The lowest BCUT2D eigenvalue weighted by Gasteiger charge is -2.39. The van der Waals surface area contributed by atoms with Gasteiger partial charge in [0.05, 0.1) is 16.9 Å². The predicted molar refractivity (Wildman–Crippen MR) is 174 cm³/mol. The zero-order valence-electron chi connectivity index (χ0n) is 25.9. The SMILES string of the molecule is CCN1CC[C@H]2CC[C@@H](C(=O)N3C[C@H](c4ccccc4)[C@@H](C#N)C3)N2C(=O)C(NC(=O)c2cc3cc([C@H](F)P(=O)(O)O)ccc3s2)C1. The van der Waals surface area contributed by atoms with Gasteiger partial charge in [0.2, 0.25) is 17.7 Å². The van der Waals surface area contributed by atoms with E-state index in [1.54, 1.807) is 9.80 Å². The molecule has 3 aromatic rings. The molecule has 2 aromatic carbocycles. The molecule has 3 N–H and O–H groups in total. The van der Waals surface area contributed by atoms with Crippen LogP contribution >= 0.6 is 18.9 Å². The monoisotopic (exact) mass is 681 g/mol. The molecule has 6 atom stereocenters. The Morgan fingerprint density at radius 2 is 1.87 bits per heavy atom. The minimum Gasteiger partial charge on any atom is -0.339 e. The van der Waals surface area contributed by atoms with Gasteiger partial charge in [-0.25, -0.2) is 4.39 Å². The molecule has 248 valence electrons. The molecule has 47 heavy (non-hydrogen) atoms. The van der Waals surface area contributed by atoms with E-state index in [2.05, 4.69) is 16.3 Å². The maximum absolute atomic E-state index is 14.3. The van der Waals surface area contributed by atoms with Gasteiger partial charge in [-0.1, -0.05) is 43.3 Å². The minimum absolute atomic E-state index is 0.111. The lowest BCUT2D eigenvalue weighted by atomic mass is 9.90. The second kappa shape index (κ2) is 13.5. The summed E-state index contributed by atoms with van der Waals surface area (Å²) >= 11 is 1.13. The number of halogens is 1. The summed E-state index contributed by atoms with van der Waals surface area (Å²) in [5, 5.41) is 13.2. The number of amides is 3. The predicted octanol–water partition coefficient (Wildman–Crippen LogP) is 4.00. The summed E-state index contributed by atoms with van der Waals surface area (Å²) in [5.74, 6) is -3.93. The molecular weight excluding hydrogens is 644 g/mol. The summed E-state index contributed by atoms with van der Waals surface area (Å²) < 4.78 is 26.4. The van der Waals surface area contributed by atoms with Crippen molar-refractivity contribution in [3.63, 3.8) is 0 Å². The third-order valence-corrected chi connectivity index (χ3v) is 11.7. The summed E-state index contributed by atoms with van der Waals surface area (Å²) in [6, 6.07) is 15.9. The van der Waals surface area contributed by atoms with E-state index < -0.39 is 31.5 Å². The number of carbonyl (C=O) groups excluding carboxylic acids is 3. The van der Waals surface area contributed by atoms with Crippen molar-refractivity contribution in [1.82, 2.24) is 20.0 Å². The van der Waals surface area contributed by atoms with Crippen LogP contribution in [-0.2, 0) is 14.2 Å². The summed E-state index contributed by atoms with van der Waals surface area (Å²) in [6.07, 6.45) is 1.88. The Bertz CT molecular complexity index is 1760. The van der Waals surface area contributed by atoms with Gasteiger partial charge in [-0.05, 0) is 60.5 Å². The van der Waals surface area contributed by atoms with E-state index in [4.69, 9.17) is 0 Å². The number of likely N-dealkylation sites (tertiary alicyclic amines) is 1. The summed E-state index contributed by atoms with van der Waals surface area (Å²) in [4.78, 5) is 66.2. The van der Waals surface area contributed by atoms with Crippen molar-refractivity contribution >= 4 is 46.7 Å². The van der Waals surface area contributed by atoms with Crippen LogP contribution in [0.3, 0.4) is 0 Å². The lowest BCUT2D eigenvalue weighted by Crippen LogP contribution is -2.60. The Kier molecular flexibility index (Phi) is 9.52. The van der Waals surface area contributed by atoms with Crippen LogP contribution in [0.25, 0.3) is 10.1 Å². The molecule has 1 unspecified atom stereocenters. The molecule has 11 nitrogen and oxygen atoms in total. The molecule has 0 radical (unpaired) electrons. The van der Waals surface area contributed by atoms with Crippen molar-refractivity contribution in [1.29, 1.82) is 5.26 Å². The Labute approximate surface area is 276 Å². The first-order valence-corrected chi connectivity index (χ1v) is 18.3. The molecule has 0 bridgehead atoms. The smallest absolute Gasteiger partial charge is 0.339 e. The molecular formula is C33H37FN5O6PS. The number of carbonyl (C=O) groups is 3. The topological polar surface area (TPSA) is 154 Å². The average Bonchev–Trinajstić information content (AvgIpc) is 3.80. The number of fused-ring (bicyclic) bond motifs is 2. The normalized spacial score (nSPS) is 26.0. The maximum atomic E-state index is 14.3. The van der Waals surface area contributed by atoms with Crippen LogP contribution in [0.2, 0.25) is 0 Å². The summed E-state index contributed by atoms with van der Waals surface area (Å²) in [7, 11) is -5.00. The Balaban J connectivity index is 1.22. The van der Waals surface area contributed by atoms with Crippen LogP contribution in [0.4, 0.5) is 4.39 Å². The van der Waals surface area contributed by atoms with Crippen molar-refractivity contribution in [2.24, 2.45) is 5.92 Å². The zero-order valence-corrected chi connectivity index (χ0v) is 27.6. The number of nitrogens with zero attached hydrogens (tertiary/aromatic N) is 4. The van der Waals surface area contributed by atoms with Crippen molar-refractivity contribution in [2.45, 2.75) is 56.1 Å². The van der Waals surface area contributed by atoms with E-state index in [1.165, 1.54) is 24.3 Å². The van der Waals surface area contributed by atoms with Gasteiger partial charge in [0.1, 0.15) is 12.1 Å². The van der Waals surface area contributed by atoms with Gasteiger partial charge < -0.3 is 29.8 Å². The van der Waals surface area contributed by atoms with Crippen LogP contribution < -0.4 is 5.32 Å². The average molecular weight is 682 g/mol. The molecule has 0 spiro atoms. The quantitative estimate of drug-likeness (QED) is 0.317. The highest BCUT2D eigenvalue weighted by atomic mass is 32.1.